The van der Waals surface area contributed by atoms with E-state index in [0.29, 0.717) is 0 Å². The molecule has 0 amide bonds. The summed E-state index contributed by atoms with van der Waals surface area (Å²) in [6.07, 6.45) is 5.61. The molecule has 106 valence electrons. The van der Waals surface area contributed by atoms with Gasteiger partial charge < -0.3 is 5.32 Å². The maximum Gasteiger partial charge on any atom is 0.0578 e. The van der Waals surface area contributed by atoms with Crippen LogP contribution >= 0.6 is 31.9 Å². The van der Waals surface area contributed by atoms with Gasteiger partial charge in [0.25, 0.3) is 0 Å². The highest BCUT2D eigenvalue weighted by Crippen LogP contribution is 2.18. The Hall–Kier alpha value is -0.780. The Labute approximate surface area is 136 Å². The van der Waals surface area contributed by atoms with Crippen LogP contribution in [0.5, 0.6) is 0 Å². The van der Waals surface area contributed by atoms with E-state index < -0.39 is 0 Å². The van der Waals surface area contributed by atoms with Gasteiger partial charge >= 0.3 is 0 Å². The maximum atomic E-state index is 4.50. The predicted octanol–water partition coefficient (Wildman–Crippen LogP) is 4.29. The van der Waals surface area contributed by atoms with Crippen molar-refractivity contribution in [3.8, 4) is 0 Å². The highest BCUT2D eigenvalue weighted by Gasteiger charge is 2.13. The van der Waals surface area contributed by atoms with Crippen molar-refractivity contribution < 1.29 is 0 Å². The number of pyridine rings is 2. The molecule has 3 nitrogen and oxygen atoms in total. The number of hydrogen-bond donors (Lipinski definition) is 1. The minimum atomic E-state index is 0.191. The summed E-state index contributed by atoms with van der Waals surface area (Å²) in [6, 6.07) is 8.34. The van der Waals surface area contributed by atoms with Crippen LogP contribution in [-0.2, 0) is 6.42 Å². The largest absolute Gasteiger partial charge is 0.308 e. The maximum absolute atomic E-state index is 4.50. The van der Waals surface area contributed by atoms with Crippen molar-refractivity contribution in [2.24, 2.45) is 0 Å². The molecule has 2 aromatic heterocycles. The number of rotatable bonds is 6. The van der Waals surface area contributed by atoms with Crippen LogP contribution in [0, 0.1) is 0 Å². The van der Waals surface area contributed by atoms with Crippen LogP contribution in [0.15, 0.2) is 45.6 Å². The van der Waals surface area contributed by atoms with Gasteiger partial charge in [-0.15, -0.1) is 0 Å². The lowest BCUT2D eigenvalue weighted by Crippen LogP contribution is -2.25. The molecule has 0 saturated heterocycles. The minimum absolute atomic E-state index is 0.191. The molecule has 20 heavy (non-hydrogen) atoms. The molecule has 0 fully saturated rings. The summed E-state index contributed by atoms with van der Waals surface area (Å²) >= 11 is 6.83. The molecule has 2 rings (SSSR count). The molecule has 0 bridgehead atoms. The monoisotopic (exact) mass is 397 g/mol. The van der Waals surface area contributed by atoms with E-state index in [-0.39, 0.29) is 6.04 Å². The highest BCUT2D eigenvalue weighted by atomic mass is 79.9. The van der Waals surface area contributed by atoms with Crippen LogP contribution in [0.4, 0.5) is 0 Å². The highest BCUT2D eigenvalue weighted by molar-refractivity contribution is 9.10. The standard InChI is InChI=1S/C15H17Br2N3/c1-2-7-18-15(14-6-4-12(17)10-20-14)8-13-5-3-11(16)9-19-13/h3-6,9-10,15,18H,2,7-8H2,1H3. The third-order valence-corrected chi connectivity index (χ3v) is 3.89. The normalized spacial score (nSPS) is 12.3. The summed E-state index contributed by atoms with van der Waals surface area (Å²) < 4.78 is 2.00. The average Bonchev–Trinajstić information content (AvgIpc) is 2.46. The Kier molecular flexibility index (Phi) is 6.13. The molecule has 1 N–H and O–H groups in total. The quantitative estimate of drug-likeness (QED) is 0.788. The summed E-state index contributed by atoms with van der Waals surface area (Å²) in [4.78, 5) is 8.94. The first-order valence-electron chi connectivity index (χ1n) is 6.64. The molecular weight excluding hydrogens is 382 g/mol. The summed E-state index contributed by atoms with van der Waals surface area (Å²) in [5, 5.41) is 3.54. The number of hydrogen-bond acceptors (Lipinski definition) is 3. The first-order valence-corrected chi connectivity index (χ1v) is 8.23. The van der Waals surface area contributed by atoms with E-state index in [1.807, 2.05) is 30.6 Å². The van der Waals surface area contributed by atoms with Crippen LogP contribution in [0.1, 0.15) is 30.8 Å². The van der Waals surface area contributed by atoms with Gasteiger partial charge in [0.1, 0.15) is 0 Å². The molecule has 0 radical (unpaired) electrons. The van der Waals surface area contributed by atoms with Crippen molar-refractivity contribution in [3.05, 3.63) is 57.0 Å². The van der Waals surface area contributed by atoms with Crippen LogP contribution in [0.25, 0.3) is 0 Å². The van der Waals surface area contributed by atoms with Gasteiger partial charge in [0.15, 0.2) is 0 Å². The summed E-state index contributed by atoms with van der Waals surface area (Å²) in [5.74, 6) is 0. The number of nitrogens with one attached hydrogen (secondary N) is 1. The first-order chi connectivity index (χ1) is 9.69. The van der Waals surface area contributed by atoms with Crippen LogP contribution < -0.4 is 5.32 Å². The van der Waals surface area contributed by atoms with E-state index in [1.165, 1.54) is 0 Å². The van der Waals surface area contributed by atoms with E-state index in [9.17, 15) is 0 Å². The van der Waals surface area contributed by atoms with E-state index in [4.69, 9.17) is 0 Å². The van der Waals surface area contributed by atoms with Gasteiger partial charge in [0.2, 0.25) is 0 Å². The van der Waals surface area contributed by atoms with Crippen molar-refractivity contribution >= 4 is 31.9 Å². The number of nitrogens with zero attached hydrogens (tertiary/aromatic N) is 2. The molecule has 0 aliphatic rings. The molecule has 1 atom stereocenters. The van der Waals surface area contributed by atoms with E-state index in [0.717, 1.165) is 39.7 Å². The zero-order valence-electron chi connectivity index (χ0n) is 11.3. The van der Waals surface area contributed by atoms with Crippen LogP contribution in [0.3, 0.4) is 0 Å². The summed E-state index contributed by atoms with van der Waals surface area (Å²) in [7, 11) is 0. The van der Waals surface area contributed by atoms with E-state index >= 15 is 0 Å². The lowest BCUT2D eigenvalue weighted by Gasteiger charge is -2.17. The van der Waals surface area contributed by atoms with Gasteiger partial charge in [0, 0.05) is 33.5 Å². The Morgan fingerprint density at radius 3 is 2.30 bits per heavy atom. The van der Waals surface area contributed by atoms with Crippen LogP contribution in [-0.4, -0.2) is 16.5 Å². The Morgan fingerprint density at radius 2 is 1.75 bits per heavy atom. The molecule has 0 aliphatic heterocycles. The Bertz CT molecular complexity index is 526. The zero-order valence-corrected chi connectivity index (χ0v) is 14.5. The van der Waals surface area contributed by atoms with E-state index in [1.54, 1.807) is 0 Å². The van der Waals surface area contributed by atoms with E-state index in [2.05, 4.69) is 60.1 Å². The SMILES string of the molecule is CCCNC(Cc1ccc(Br)cn1)c1ccc(Br)cn1. The molecular formula is C15H17Br2N3. The molecule has 0 saturated carbocycles. The van der Waals surface area contributed by atoms with Gasteiger partial charge in [-0.25, -0.2) is 0 Å². The molecule has 0 aliphatic carbocycles. The molecule has 1 unspecified atom stereocenters. The minimum Gasteiger partial charge on any atom is -0.308 e. The number of aromatic nitrogens is 2. The second-order valence-corrected chi connectivity index (χ2v) is 6.41. The average molecular weight is 399 g/mol. The van der Waals surface area contributed by atoms with Gasteiger partial charge in [-0.05, 0) is 69.1 Å². The third-order valence-electron chi connectivity index (χ3n) is 2.95. The fourth-order valence-electron chi connectivity index (χ4n) is 1.93. The van der Waals surface area contributed by atoms with Gasteiger partial charge in [-0.1, -0.05) is 6.92 Å². The lowest BCUT2D eigenvalue weighted by molar-refractivity contribution is 0.513. The van der Waals surface area contributed by atoms with Crippen molar-refractivity contribution in [1.82, 2.24) is 15.3 Å². The molecule has 5 heteroatoms. The Balaban J connectivity index is 2.14. The Morgan fingerprint density at radius 1 is 1.05 bits per heavy atom. The van der Waals surface area contributed by atoms with Crippen molar-refractivity contribution in [3.63, 3.8) is 0 Å². The fraction of sp³-hybridized carbons (Fsp3) is 0.333. The molecule has 2 aromatic rings. The summed E-state index contributed by atoms with van der Waals surface area (Å²) in [6.45, 7) is 3.13. The van der Waals surface area contributed by atoms with Gasteiger partial charge in [0.05, 0.1) is 11.7 Å². The second kappa shape index (κ2) is 7.86. The lowest BCUT2D eigenvalue weighted by atomic mass is 10.1. The van der Waals surface area contributed by atoms with Crippen LogP contribution in [0.2, 0.25) is 0 Å². The fourth-order valence-corrected chi connectivity index (χ4v) is 2.40. The predicted molar refractivity (Wildman–Crippen MR) is 88.6 cm³/mol. The topological polar surface area (TPSA) is 37.8 Å². The van der Waals surface area contributed by atoms with Crippen molar-refractivity contribution in [2.75, 3.05) is 6.54 Å². The molecule has 0 aromatic carbocycles. The molecule has 0 spiro atoms. The smallest absolute Gasteiger partial charge is 0.0578 e. The van der Waals surface area contributed by atoms with Gasteiger partial charge in [-0.3, -0.25) is 9.97 Å². The molecule has 2 heterocycles. The third kappa shape index (κ3) is 4.65. The van der Waals surface area contributed by atoms with Crippen molar-refractivity contribution in [1.29, 1.82) is 0 Å². The van der Waals surface area contributed by atoms with Crippen molar-refractivity contribution in [2.45, 2.75) is 25.8 Å². The number of halogens is 2. The van der Waals surface area contributed by atoms with Gasteiger partial charge in [-0.2, -0.15) is 0 Å². The zero-order chi connectivity index (χ0) is 14.4. The second-order valence-electron chi connectivity index (χ2n) is 4.58. The summed E-state index contributed by atoms with van der Waals surface area (Å²) in [5.41, 5.74) is 2.11. The first kappa shape index (κ1) is 15.6.